The maximum Gasteiger partial charge on any atom is 0.185 e. The van der Waals surface area contributed by atoms with E-state index in [0.717, 1.165) is 0 Å². The second kappa shape index (κ2) is 10.6. The topological polar surface area (TPSA) is 37.3 Å². The Morgan fingerprint density at radius 2 is 1.85 bits per heavy atom. The molecule has 106 valence electrons. The molecule has 2 nitrogen and oxygen atoms in total. The van der Waals surface area contributed by atoms with E-state index >= 15 is 0 Å². The SMILES string of the molecule is C=C/C=C(\C=C/C)C(=O)/C=C/c1ccccc1O.CC. The van der Waals surface area contributed by atoms with Crippen LogP contribution in [-0.4, -0.2) is 10.9 Å². The van der Waals surface area contributed by atoms with Crippen LogP contribution in [0, 0.1) is 0 Å². The fraction of sp³-hybridized carbons (Fsp3) is 0.167. The lowest BCUT2D eigenvalue weighted by Gasteiger charge is -1.98. The van der Waals surface area contributed by atoms with Crippen LogP contribution in [0.4, 0.5) is 0 Å². The van der Waals surface area contributed by atoms with E-state index in [1.54, 1.807) is 54.6 Å². The molecule has 0 amide bonds. The maximum absolute atomic E-state index is 11.9. The summed E-state index contributed by atoms with van der Waals surface area (Å²) in [4.78, 5) is 11.9. The van der Waals surface area contributed by atoms with Crippen molar-refractivity contribution in [1.82, 2.24) is 0 Å². The molecule has 1 N–H and O–H groups in total. The van der Waals surface area contributed by atoms with Crippen LogP contribution in [-0.2, 0) is 4.79 Å². The second-order valence-electron chi connectivity index (χ2n) is 3.61. The molecule has 1 aromatic rings. The molecule has 0 spiro atoms. The van der Waals surface area contributed by atoms with E-state index in [1.165, 1.54) is 6.08 Å². The molecular formula is C18H22O2. The number of aromatic hydroxyl groups is 1. The molecular weight excluding hydrogens is 248 g/mol. The Bertz CT molecular complexity index is 520. The molecule has 0 saturated heterocycles. The number of phenols is 1. The van der Waals surface area contributed by atoms with E-state index < -0.39 is 0 Å². The summed E-state index contributed by atoms with van der Waals surface area (Å²) in [5.41, 5.74) is 1.17. The number of rotatable bonds is 5. The summed E-state index contributed by atoms with van der Waals surface area (Å²) in [6.45, 7) is 9.42. The Balaban J connectivity index is 0.00000172. The van der Waals surface area contributed by atoms with Gasteiger partial charge in [0.25, 0.3) is 0 Å². The molecule has 0 bridgehead atoms. The average Bonchev–Trinajstić information content (AvgIpc) is 2.48. The predicted octanol–water partition coefficient (Wildman–Crippen LogP) is 4.69. The van der Waals surface area contributed by atoms with Gasteiger partial charge in [0.1, 0.15) is 5.75 Å². The quantitative estimate of drug-likeness (QED) is 0.622. The van der Waals surface area contributed by atoms with Crippen LogP contribution in [0.2, 0.25) is 0 Å². The number of phenolic OH excluding ortho intramolecular Hbond substituents is 1. The molecule has 0 atom stereocenters. The van der Waals surface area contributed by atoms with Crippen LogP contribution in [0.15, 0.2) is 66.8 Å². The first-order valence-corrected chi connectivity index (χ1v) is 6.65. The third kappa shape index (κ3) is 6.01. The lowest BCUT2D eigenvalue weighted by molar-refractivity contribution is -0.111. The number of hydrogen-bond donors (Lipinski definition) is 1. The summed E-state index contributed by atoms with van der Waals surface area (Å²) >= 11 is 0. The molecule has 0 aliphatic heterocycles. The summed E-state index contributed by atoms with van der Waals surface area (Å²) in [6.07, 6.45) is 9.77. The van der Waals surface area contributed by atoms with Crippen LogP contribution < -0.4 is 0 Å². The number of benzene rings is 1. The van der Waals surface area contributed by atoms with E-state index in [4.69, 9.17) is 0 Å². The Hall–Kier alpha value is -2.35. The standard InChI is InChI=1S/C16H16O2.C2H6/c1-3-7-13(8-4-2)16(18)12-11-14-9-5-6-10-15(14)17;1-2/h3-12,17H,1H2,2H3;1-2H3/b8-4-,12-11+,13-7+;. The lowest BCUT2D eigenvalue weighted by Crippen LogP contribution is -1.95. The van der Waals surface area contributed by atoms with Crippen molar-refractivity contribution in [1.29, 1.82) is 0 Å². The van der Waals surface area contributed by atoms with E-state index in [-0.39, 0.29) is 11.5 Å². The van der Waals surface area contributed by atoms with Crippen LogP contribution in [0.5, 0.6) is 5.75 Å². The summed E-state index contributed by atoms with van der Waals surface area (Å²) in [5, 5.41) is 9.56. The van der Waals surface area contributed by atoms with Gasteiger partial charge in [-0.3, -0.25) is 4.79 Å². The highest BCUT2D eigenvalue weighted by atomic mass is 16.3. The molecule has 0 aliphatic rings. The van der Waals surface area contributed by atoms with Crippen molar-refractivity contribution in [2.45, 2.75) is 20.8 Å². The number of carbonyl (C=O) groups excluding carboxylic acids is 1. The van der Waals surface area contributed by atoms with Crippen molar-refractivity contribution in [3.8, 4) is 5.75 Å². The number of para-hydroxylation sites is 1. The van der Waals surface area contributed by atoms with Gasteiger partial charge >= 0.3 is 0 Å². The number of carbonyl (C=O) groups is 1. The van der Waals surface area contributed by atoms with Crippen molar-refractivity contribution in [2.24, 2.45) is 0 Å². The van der Waals surface area contributed by atoms with Crippen LogP contribution in [0.25, 0.3) is 6.08 Å². The molecule has 1 rings (SSSR count). The fourth-order valence-electron chi connectivity index (χ4n) is 1.42. The normalized spacial score (nSPS) is 11.2. The van der Waals surface area contributed by atoms with Crippen LogP contribution >= 0.6 is 0 Å². The molecule has 1 aromatic carbocycles. The monoisotopic (exact) mass is 270 g/mol. The maximum atomic E-state index is 11.9. The predicted molar refractivity (Wildman–Crippen MR) is 86.6 cm³/mol. The summed E-state index contributed by atoms with van der Waals surface area (Å²) in [5.74, 6) is 0.0260. The van der Waals surface area contributed by atoms with E-state index in [1.807, 2.05) is 20.8 Å². The number of hydrogen-bond acceptors (Lipinski definition) is 2. The minimum atomic E-state index is -0.128. The average molecular weight is 270 g/mol. The lowest BCUT2D eigenvalue weighted by atomic mass is 10.1. The summed E-state index contributed by atoms with van der Waals surface area (Å²) in [6, 6.07) is 6.86. The molecule has 0 aliphatic carbocycles. The van der Waals surface area contributed by atoms with E-state index in [0.29, 0.717) is 11.1 Å². The number of ketones is 1. The van der Waals surface area contributed by atoms with Gasteiger partial charge in [-0.2, -0.15) is 0 Å². The zero-order valence-electron chi connectivity index (χ0n) is 12.3. The minimum absolute atomic E-state index is 0.128. The zero-order valence-corrected chi connectivity index (χ0v) is 12.3. The smallest absolute Gasteiger partial charge is 0.185 e. The molecule has 0 fully saturated rings. The van der Waals surface area contributed by atoms with E-state index in [2.05, 4.69) is 6.58 Å². The Kier molecular flexibility index (Phi) is 9.32. The highest BCUT2D eigenvalue weighted by Crippen LogP contribution is 2.17. The van der Waals surface area contributed by atoms with Gasteiger partial charge in [0.05, 0.1) is 0 Å². The second-order valence-corrected chi connectivity index (χ2v) is 3.61. The number of allylic oxidation sites excluding steroid dienone is 6. The molecule has 20 heavy (non-hydrogen) atoms. The van der Waals surface area contributed by atoms with Crippen LogP contribution in [0.3, 0.4) is 0 Å². The van der Waals surface area contributed by atoms with Gasteiger partial charge < -0.3 is 5.11 Å². The van der Waals surface area contributed by atoms with Gasteiger partial charge in [0.2, 0.25) is 0 Å². The van der Waals surface area contributed by atoms with Crippen molar-refractivity contribution >= 4 is 11.9 Å². The molecule has 2 heteroatoms. The highest BCUT2D eigenvalue weighted by molar-refractivity contribution is 6.08. The Morgan fingerprint density at radius 1 is 1.20 bits per heavy atom. The van der Waals surface area contributed by atoms with Gasteiger partial charge in [-0.25, -0.2) is 0 Å². The Morgan fingerprint density at radius 3 is 2.40 bits per heavy atom. The summed E-state index contributed by atoms with van der Waals surface area (Å²) in [7, 11) is 0. The van der Waals surface area contributed by atoms with Crippen LogP contribution in [0.1, 0.15) is 26.3 Å². The largest absolute Gasteiger partial charge is 0.507 e. The summed E-state index contributed by atoms with van der Waals surface area (Å²) < 4.78 is 0. The zero-order chi connectivity index (χ0) is 15.4. The van der Waals surface area contributed by atoms with Crippen molar-refractivity contribution in [3.63, 3.8) is 0 Å². The van der Waals surface area contributed by atoms with Gasteiger partial charge in [0.15, 0.2) is 5.78 Å². The minimum Gasteiger partial charge on any atom is -0.507 e. The molecule has 0 unspecified atom stereocenters. The van der Waals surface area contributed by atoms with Crippen molar-refractivity contribution < 1.29 is 9.90 Å². The van der Waals surface area contributed by atoms with Gasteiger partial charge in [0, 0.05) is 11.1 Å². The van der Waals surface area contributed by atoms with Gasteiger partial charge in [-0.15, -0.1) is 0 Å². The molecule has 0 saturated carbocycles. The van der Waals surface area contributed by atoms with E-state index in [9.17, 15) is 9.90 Å². The Labute approximate surface area is 121 Å². The third-order valence-electron chi connectivity index (χ3n) is 2.28. The molecule has 0 heterocycles. The molecule has 0 aromatic heterocycles. The van der Waals surface area contributed by atoms with Crippen molar-refractivity contribution in [3.05, 3.63) is 72.4 Å². The first kappa shape index (κ1) is 17.6. The van der Waals surface area contributed by atoms with Gasteiger partial charge in [-0.05, 0) is 25.1 Å². The first-order valence-electron chi connectivity index (χ1n) is 6.65. The molecule has 0 radical (unpaired) electrons. The van der Waals surface area contributed by atoms with Crippen molar-refractivity contribution in [2.75, 3.05) is 0 Å². The third-order valence-corrected chi connectivity index (χ3v) is 2.28. The fourth-order valence-corrected chi connectivity index (χ4v) is 1.42. The first-order chi connectivity index (χ1) is 9.69. The highest BCUT2D eigenvalue weighted by Gasteiger charge is 2.01. The van der Waals surface area contributed by atoms with Gasteiger partial charge in [-0.1, -0.05) is 62.9 Å².